The molecule has 1 fully saturated rings. The maximum Gasteiger partial charge on any atom is 0.416 e. The molecule has 0 saturated carbocycles. The Morgan fingerprint density at radius 2 is 1.64 bits per heavy atom. The summed E-state index contributed by atoms with van der Waals surface area (Å²) in [6.45, 7) is 3.37. The molecular weight excluding hydrogens is 458 g/mol. The number of benzene rings is 1. The Kier molecular flexibility index (Phi) is 8.47. The van der Waals surface area contributed by atoms with Crippen LogP contribution in [0, 0.1) is 0 Å². The van der Waals surface area contributed by atoms with Crippen LogP contribution >= 0.6 is 0 Å². The fourth-order valence-electron chi connectivity index (χ4n) is 3.91. The van der Waals surface area contributed by atoms with Crippen LogP contribution in [0.3, 0.4) is 0 Å². The molecule has 6 nitrogen and oxygen atoms in total. The first-order valence-corrected chi connectivity index (χ1v) is 10.4. The molecule has 0 spiro atoms. The first-order valence-electron chi connectivity index (χ1n) is 10.4. The number of ether oxygens (including phenoxy) is 2. The van der Waals surface area contributed by atoms with Gasteiger partial charge in [0, 0.05) is 25.2 Å². The summed E-state index contributed by atoms with van der Waals surface area (Å²) < 4.78 is 89.0. The van der Waals surface area contributed by atoms with Gasteiger partial charge >= 0.3 is 24.5 Å². The van der Waals surface area contributed by atoms with Crippen LogP contribution in [0.15, 0.2) is 18.2 Å². The molecule has 1 heterocycles. The van der Waals surface area contributed by atoms with E-state index in [9.17, 15) is 35.9 Å². The third-order valence-corrected chi connectivity index (χ3v) is 5.51. The van der Waals surface area contributed by atoms with Gasteiger partial charge in [0.2, 0.25) is 0 Å². The maximum atomic E-state index is 13.2. The minimum absolute atomic E-state index is 0.0386. The lowest BCUT2D eigenvalue weighted by atomic mass is 9.94. The maximum absolute atomic E-state index is 13.2. The van der Waals surface area contributed by atoms with E-state index in [1.165, 1.54) is 4.90 Å². The lowest BCUT2D eigenvalue weighted by molar-refractivity contribution is -0.143. The topological polar surface area (TPSA) is 59.1 Å². The molecule has 0 bridgehead atoms. The number of methoxy groups -OCH3 is 1. The van der Waals surface area contributed by atoms with E-state index in [-0.39, 0.29) is 43.7 Å². The van der Waals surface area contributed by atoms with Crippen molar-refractivity contribution in [3.63, 3.8) is 0 Å². The van der Waals surface area contributed by atoms with Gasteiger partial charge in [-0.25, -0.2) is 9.59 Å². The van der Waals surface area contributed by atoms with E-state index >= 15 is 0 Å². The normalized spacial score (nSPS) is 19.2. The van der Waals surface area contributed by atoms with Gasteiger partial charge in [-0.2, -0.15) is 26.3 Å². The van der Waals surface area contributed by atoms with Crippen LogP contribution in [0.2, 0.25) is 0 Å². The highest BCUT2D eigenvalue weighted by Crippen LogP contribution is 2.37. The summed E-state index contributed by atoms with van der Waals surface area (Å²) in [5, 5.41) is 0. The zero-order chi connectivity index (χ0) is 25.0. The van der Waals surface area contributed by atoms with Gasteiger partial charge in [-0.3, -0.25) is 0 Å². The quantitative estimate of drug-likeness (QED) is 0.504. The molecular formula is C21H26F6N2O4. The lowest BCUT2D eigenvalue weighted by Crippen LogP contribution is -2.53. The number of amides is 2. The van der Waals surface area contributed by atoms with E-state index in [2.05, 4.69) is 0 Å². The van der Waals surface area contributed by atoms with Crippen LogP contribution in [0.5, 0.6) is 0 Å². The molecule has 2 amide bonds. The summed E-state index contributed by atoms with van der Waals surface area (Å²) in [6, 6.07) is 0.350. The van der Waals surface area contributed by atoms with Crippen LogP contribution < -0.4 is 0 Å². The number of hydrogen-bond donors (Lipinski definition) is 0. The molecule has 186 valence electrons. The number of alkyl halides is 6. The highest BCUT2D eigenvalue weighted by molar-refractivity contribution is 5.69. The fourth-order valence-corrected chi connectivity index (χ4v) is 3.91. The summed E-state index contributed by atoms with van der Waals surface area (Å²) in [5.74, 6) is 0. The van der Waals surface area contributed by atoms with E-state index in [0.29, 0.717) is 18.6 Å². The van der Waals surface area contributed by atoms with Gasteiger partial charge in [0.15, 0.2) is 0 Å². The second kappa shape index (κ2) is 10.5. The standard InChI is InChI=1S/C21H26F6N2O4/c1-4-16-11-17(6-7-28(16)19(31)33-5-2)29(18(30)32-3)12-13-8-14(20(22,23)24)10-15(9-13)21(25,26)27/h8-10,16-17H,4-7,11-12H2,1-3H3. The van der Waals surface area contributed by atoms with Crippen molar-refractivity contribution < 1.29 is 45.4 Å². The number of halogens is 6. The Morgan fingerprint density at radius 3 is 2.09 bits per heavy atom. The van der Waals surface area contributed by atoms with Crippen molar-refractivity contribution in [2.24, 2.45) is 0 Å². The van der Waals surface area contributed by atoms with Crippen LogP contribution in [-0.4, -0.2) is 54.3 Å². The van der Waals surface area contributed by atoms with E-state index in [0.717, 1.165) is 12.0 Å². The van der Waals surface area contributed by atoms with Crippen LogP contribution in [0.25, 0.3) is 0 Å². The predicted molar refractivity (Wildman–Crippen MR) is 105 cm³/mol. The monoisotopic (exact) mass is 484 g/mol. The summed E-state index contributed by atoms with van der Waals surface area (Å²) >= 11 is 0. The van der Waals surface area contributed by atoms with Crippen molar-refractivity contribution in [2.45, 2.75) is 64.1 Å². The minimum Gasteiger partial charge on any atom is -0.453 e. The number of piperidine rings is 1. The molecule has 0 N–H and O–H groups in total. The molecule has 1 aromatic rings. The van der Waals surface area contributed by atoms with Crippen molar-refractivity contribution in [3.05, 3.63) is 34.9 Å². The Labute approximate surface area is 187 Å². The summed E-state index contributed by atoms with van der Waals surface area (Å²) in [4.78, 5) is 27.2. The summed E-state index contributed by atoms with van der Waals surface area (Å²) in [7, 11) is 1.08. The van der Waals surface area contributed by atoms with Crippen molar-refractivity contribution in [1.82, 2.24) is 9.80 Å². The third-order valence-electron chi connectivity index (χ3n) is 5.51. The second-order valence-electron chi connectivity index (χ2n) is 7.64. The molecule has 0 radical (unpaired) electrons. The van der Waals surface area contributed by atoms with Gasteiger partial charge in [-0.05, 0) is 49.9 Å². The van der Waals surface area contributed by atoms with Crippen molar-refractivity contribution in [1.29, 1.82) is 0 Å². The van der Waals surface area contributed by atoms with Gasteiger partial charge in [-0.15, -0.1) is 0 Å². The van der Waals surface area contributed by atoms with Crippen LogP contribution in [0.4, 0.5) is 35.9 Å². The van der Waals surface area contributed by atoms with Gasteiger partial charge in [0.05, 0.1) is 24.8 Å². The Balaban J connectivity index is 2.36. The smallest absolute Gasteiger partial charge is 0.416 e. The van der Waals surface area contributed by atoms with Gasteiger partial charge in [0.25, 0.3) is 0 Å². The number of rotatable bonds is 5. The highest BCUT2D eigenvalue weighted by atomic mass is 19.4. The zero-order valence-electron chi connectivity index (χ0n) is 18.4. The zero-order valence-corrected chi connectivity index (χ0v) is 18.4. The van der Waals surface area contributed by atoms with Crippen LogP contribution in [0.1, 0.15) is 49.8 Å². The molecule has 1 aliphatic heterocycles. The van der Waals surface area contributed by atoms with Gasteiger partial charge in [-0.1, -0.05) is 6.92 Å². The Bertz CT molecular complexity index is 811. The Hall–Kier alpha value is -2.66. The number of carbonyl (C=O) groups excluding carboxylic acids is 2. The van der Waals surface area contributed by atoms with Gasteiger partial charge < -0.3 is 19.3 Å². The first kappa shape index (κ1) is 26.6. The van der Waals surface area contributed by atoms with E-state index < -0.39 is 48.3 Å². The Morgan fingerprint density at radius 1 is 1.06 bits per heavy atom. The SMILES string of the molecule is CCOC(=O)N1CCC(N(Cc2cc(C(F)(F)F)cc(C(F)(F)F)c2)C(=O)OC)CC1CC. The summed E-state index contributed by atoms with van der Waals surface area (Å²) in [5.41, 5.74) is -3.25. The molecule has 12 heteroatoms. The average Bonchev–Trinajstić information content (AvgIpc) is 2.75. The van der Waals surface area contributed by atoms with E-state index in [1.54, 1.807) is 6.92 Å². The number of carbonyl (C=O) groups is 2. The third kappa shape index (κ3) is 6.67. The lowest BCUT2D eigenvalue weighted by Gasteiger charge is -2.42. The highest BCUT2D eigenvalue weighted by Gasteiger charge is 2.39. The van der Waals surface area contributed by atoms with Crippen molar-refractivity contribution in [2.75, 3.05) is 20.3 Å². The van der Waals surface area contributed by atoms with Crippen molar-refractivity contribution in [3.8, 4) is 0 Å². The van der Waals surface area contributed by atoms with E-state index in [1.807, 2.05) is 6.92 Å². The number of nitrogens with zero attached hydrogens (tertiary/aromatic N) is 2. The molecule has 1 aromatic carbocycles. The van der Waals surface area contributed by atoms with Gasteiger partial charge in [0.1, 0.15) is 0 Å². The molecule has 2 unspecified atom stereocenters. The second-order valence-corrected chi connectivity index (χ2v) is 7.64. The molecule has 1 saturated heterocycles. The number of hydrogen-bond acceptors (Lipinski definition) is 4. The van der Waals surface area contributed by atoms with Crippen LogP contribution in [-0.2, 0) is 28.4 Å². The first-order chi connectivity index (χ1) is 15.3. The van der Waals surface area contributed by atoms with E-state index in [4.69, 9.17) is 9.47 Å². The minimum atomic E-state index is -5.00. The molecule has 0 aromatic heterocycles. The summed E-state index contributed by atoms with van der Waals surface area (Å²) in [6.07, 6.45) is -10.3. The molecule has 1 aliphatic rings. The fraction of sp³-hybridized carbons (Fsp3) is 0.619. The largest absolute Gasteiger partial charge is 0.453 e. The molecule has 2 rings (SSSR count). The molecule has 2 atom stereocenters. The average molecular weight is 484 g/mol. The predicted octanol–water partition coefficient (Wildman–Crippen LogP) is 5.69. The molecule has 0 aliphatic carbocycles. The molecule has 33 heavy (non-hydrogen) atoms. The number of likely N-dealkylation sites (tertiary alicyclic amines) is 1. The van der Waals surface area contributed by atoms with Crippen molar-refractivity contribution >= 4 is 12.2 Å².